The predicted molar refractivity (Wildman–Crippen MR) is 62.9 cm³/mol. The lowest BCUT2D eigenvalue weighted by Crippen LogP contribution is -1.96. The standard InChI is InChI=1S/C14H10O3/c15-7-8-4-5-9-11(6-8)14(17)10-2-1-3-12(16)13(9)10/h1-6,15-16H,7H2. The van der Waals surface area contributed by atoms with Crippen molar-refractivity contribution in [3.63, 3.8) is 0 Å². The van der Waals surface area contributed by atoms with Crippen molar-refractivity contribution in [1.29, 1.82) is 0 Å². The highest BCUT2D eigenvalue weighted by molar-refractivity contribution is 6.22. The zero-order chi connectivity index (χ0) is 12.0. The summed E-state index contributed by atoms with van der Waals surface area (Å²) in [6.45, 7) is -0.0944. The van der Waals surface area contributed by atoms with Gasteiger partial charge in [-0.3, -0.25) is 4.79 Å². The van der Waals surface area contributed by atoms with E-state index in [-0.39, 0.29) is 18.1 Å². The first-order valence-electron chi connectivity index (χ1n) is 5.33. The van der Waals surface area contributed by atoms with Crippen molar-refractivity contribution in [2.45, 2.75) is 6.61 Å². The molecule has 0 heterocycles. The normalized spacial score (nSPS) is 12.4. The Labute approximate surface area is 98.0 Å². The van der Waals surface area contributed by atoms with Gasteiger partial charge in [0, 0.05) is 16.7 Å². The van der Waals surface area contributed by atoms with Gasteiger partial charge in [0.05, 0.1) is 6.61 Å². The number of rotatable bonds is 1. The number of aliphatic hydroxyl groups excluding tert-OH is 1. The Morgan fingerprint density at radius 2 is 1.82 bits per heavy atom. The third-order valence-electron chi connectivity index (χ3n) is 3.07. The molecule has 0 fully saturated rings. The quantitative estimate of drug-likeness (QED) is 0.668. The summed E-state index contributed by atoms with van der Waals surface area (Å²) in [5.74, 6) is 0.0209. The molecular weight excluding hydrogens is 216 g/mol. The number of benzene rings is 2. The lowest BCUT2D eigenvalue weighted by atomic mass is 10.0. The van der Waals surface area contributed by atoms with Crippen molar-refractivity contribution >= 4 is 5.78 Å². The second-order valence-corrected chi connectivity index (χ2v) is 4.07. The molecule has 84 valence electrons. The Morgan fingerprint density at radius 3 is 2.59 bits per heavy atom. The number of aliphatic hydroxyl groups is 1. The van der Waals surface area contributed by atoms with Crippen molar-refractivity contribution in [3.8, 4) is 16.9 Å². The molecule has 3 nitrogen and oxygen atoms in total. The van der Waals surface area contributed by atoms with E-state index in [0.717, 1.165) is 5.56 Å². The molecule has 0 amide bonds. The summed E-state index contributed by atoms with van der Waals surface area (Å²) in [5, 5.41) is 18.9. The van der Waals surface area contributed by atoms with Gasteiger partial charge in [-0.25, -0.2) is 0 Å². The van der Waals surface area contributed by atoms with E-state index < -0.39 is 0 Å². The molecule has 0 aliphatic heterocycles. The zero-order valence-electron chi connectivity index (χ0n) is 8.97. The molecule has 0 spiro atoms. The fraction of sp³-hybridized carbons (Fsp3) is 0.0714. The lowest BCUT2D eigenvalue weighted by molar-refractivity contribution is 0.104. The molecule has 2 aromatic carbocycles. The second-order valence-electron chi connectivity index (χ2n) is 4.07. The van der Waals surface area contributed by atoms with Crippen molar-refractivity contribution in [2.24, 2.45) is 0 Å². The molecule has 1 aliphatic rings. The number of phenolic OH excluding ortho intramolecular Hbond substituents is 1. The molecule has 0 saturated carbocycles. The van der Waals surface area contributed by atoms with E-state index in [1.165, 1.54) is 0 Å². The number of fused-ring (bicyclic) bond motifs is 3. The van der Waals surface area contributed by atoms with E-state index in [0.29, 0.717) is 22.3 Å². The highest BCUT2D eigenvalue weighted by atomic mass is 16.3. The van der Waals surface area contributed by atoms with E-state index in [2.05, 4.69) is 0 Å². The van der Waals surface area contributed by atoms with Crippen LogP contribution in [0, 0.1) is 0 Å². The van der Waals surface area contributed by atoms with Crippen molar-refractivity contribution in [1.82, 2.24) is 0 Å². The number of carbonyl (C=O) groups excluding carboxylic acids is 1. The molecule has 17 heavy (non-hydrogen) atoms. The van der Waals surface area contributed by atoms with E-state index >= 15 is 0 Å². The predicted octanol–water partition coefficient (Wildman–Crippen LogP) is 2.10. The molecule has 0 radical (unpaired) electrons. The number of ketones is 1. The first-order valence-corrected chi connectivity index (χ1v) is 5.33. The average molecular weight is 226 g/mol. The minimum absolute atomic E-state index is 0.0944. The molecule has 0 unspecified atom stereocenters. The zero-order valence-corrected chi connectivity index (χ0v) is 8.97. The van der Waals surface area contributed by atoms with Gasteiger partial charge in [0.25, 0.3) is 0 Å². The Hall–Kier alpha value is -2.13. The number of phenols is 1. The molecule has 0 saturated heterocycles. The van der Waals surface area contributed by atoms with Crippen LogP contribution in [-0.4, -0.2) is 16.0 Å². The third-order valence-corrected chi connectivity index (χ3v) is 3.07. The number of hydrogen-bond acceptors (Lipinski definition) is 3. The number of hydrogen-bond donors (Lipinski definition) is 2. The van der Waals surface area contributed by atoms with Crippen molar-refractivity contribution < 1.29 is 15.0 Å². The van der Waals surface area contributed by atoms with Gasteiger partial charge in [-0.1, -0.05) is 24.3 Å². The van der Waals surface area contributed by atoms with Crippen LogP contribution < -0.4 is 0 Å². The van der Waals surface area contributed by atoms with Crippen molar-refractivity contribution in [3.05, 3.63) is 53.1 Å². The molecule has 3 rings (SSSR count). The number of carbonyl (C=O) groups is 1. The molecule has 1 aliphatic carbocycles. The van der Waals surface area contributed by atoms with Crippen LogP contribution in [0.5, 0.6) is 5.75 Å². The van der Waals surface area contributed by atoms with Crippen LogP contribution in [0.15, 0.2) is 36.4 Å². The van der Waals surface area contributed by atoms with E-state index in [1.54, 1.807) is 36.4 Å². The first-order chi connectivity index (χ1) is 8.22. The fourth-order valence-electron chi connectivity index (χ4n) is 2.25. The van der Waals surface area contributed by atoms with Crippen LogP contribution in [-0.2, 0) is 6.61 Å². The Kier molecular flexibility index (Phi) is 2.03. The van der Waals surface area contributed by atoms with Crippen LogP contribution in [0.2, 0.25) is 0 Å². The minimum atomic E-state index is -0.0961. The highest BCUT2D eigenvalue weighted by Crippen LogP contribution is 2.42. The maximum atomic E-state index is 12.1. The Bertz CT molecular complexity index is 629. The minimum Gasteiger partial charge on any atom is -0.507 e. The van der Waals surface area contributed by atoms with E-state index in [9.17, 15) is 9.90 Å². The lowest BCUT2D eigenvalue weighted by Gasteiger charge is -2.03. The van der Waals surface area contributed by atoms with E-state index in [1.807, 2.05) is 0 Å². The molecule has 2 aromatic rings. The van der Waals surface area contributed by atoms with Gasteiger partial charge in [0.1, 0.15) is 5.75 Å². The summed E-state index contributed by atoms with van der Waals surface area (Å²) >= 11 is 0. The topological polar surface area (TPSA) is 57.5 Å². The summed E-state index contributed by atoms with van der Waals surface area (Å²) in [6, 6.07) is 10.1. The van der Waals surface area contributed by atoms with Gasteiger partial charge < -0.3 is 10.2 Å². The Morgan fingerprint density at radius 1 is 1.00 bits per heavy atom. The summed E-state index contributed by atoms with van der Waals surface area (Å²) < 4.78 is 0. The van der Waals surface area contributed by atoms with Crippen LogP contribution in [0.3, 0.4) is 0 Å². The molecule has 3 heteroatoms. The van der Waals surface area contributed by atoms with Crippen LogP contribution in [0.25, 0.3) is 11.1 Å². The Balaban J connectivity index is 2.32. The summed E-state index contributed by atoms with van der Waals surface area (Å²) in [5.41, 5.74) is 3.10. The smallest absolute Gasteiger partial charge is 0.194 e. The van der Waals surface area contributed by atoms with Crippen LogP contribution in [0.1, 0.15) is 21.5 Å². The molecule has 0 atom stereocenters. The summed E-state index contributed by atoms with van der Waals surface area (Å²) in [6.07, 6.45) is 0. The highest BCUT2D eigenvalue weighted by Gasteiger charge is 2.28. The molecule has 0 bridgehead atoms. The van der Waals surface area contributed by atoms with Gasteiger partial charge in [0.2, 0.25) is 0 Å². The molecule has 2 N–H and O–H groups in total. The van der Waals surface area contributed by atoms with E-state index in [4.69, 9.17) is 5.11 Å². The van der Waals surface area contributed by atoms with Gasteiger partial charge in [0.15, 0.2) is 5.78 Å². The summed E-state index contributed by atoms with van der Waals surface area (Å²) in [4.78, 5) is 12.1. The SMILES string of the molecule is O=C1c2cc(CO)ccc2-c2c(O)cccc21. The van der Waals surface area contributed by atoms with Gasteiger partial charge in [-0.2, -0.15) is 0 Å². The van der Waals surface area contributed by atoms with Gasteiger partial charge in [-0.15, -0.1) is 0 Å². The fourth-order valence-corrected chi connectivity index (χ4v) is 2.25. The molecule has 0 aromatic heterocycles. The van der Waals surface area contributed by atoms with Crippen LogP contribution in [0.4, 0.5) is 0 Å². The van der Waals surface area contributed by atoms with Crippen molar-refractivity contribution in [2.75, 3.05) is 0 Å². The summed E-state index contributed by atoms with van der Waals surface area (Å²) in [7, 11) is 0. The third kappa shape index (κ3) is 1.29. The van der Waals surface area contributed by atoms with Gasteiger partial charge in [-0.05, 0) is 23.3 Å². The monoisotopic (exact) mass is 226 g/mol. The first kappa shape index (κ1) is 10.1. The number of aromatic hydroxyl groups is 1. The average Bonchev–Trinajstić information content (AvgIpc) is 2.64. The van der Waals surface area contributed by atoms with Gasteiger partial charge >= 0.3 is 0 Å². The maximum Gasteiger partial charge on any atom is 0.194 e. The maximum absolute atomic E-state index is 12.1. The second kappa shape index (κ2) is 3.43. The van der Waals surface area contributed by atoms with Crippen LogP contribution >= 0.6 is 0 Å². The molecular formula is C14H10O3. The largest absolute Gasteiger partial charge is 0.507 e.